The van der Waals surface area contributed by atoms with Crippen LogP contribution in [0.15, 0.2) is 61.1 Å². The number of hydrogen-bond acceptors (Lipinski definition) is 7. The summed E-state index contributed by atoms with van der Waals surface area (Å²) < 4.78 is 45.4. The van der Waals surface area contributed by atoms with Gasteiger partial charge in [0.25, 0.3) is 0 Å². The van der Waals surface area contributed by atoms with Crippen molar-refractivity contribution in [2.45, 2.75) is 6.92 Å². The molecular formula is C22H20FN5O3S. The highest BCUT2D eigenvalue weighted by Crippen LogP contribution is 2.32. The minimum atomic E-state index is -3.51. The number of sulfonamides is 1. The summed E-state index contributed by atoms with van der Waals surface area (Å²) in [6, 6.07) is 13.3. The predicted octanol–water partition coefficient (Wildman–Crippen LogP) is 4.34. The smallest absolute Gasteiger partial charge is 0.238 e. The van der Waals surface area contributed by atoms with Gasteiger partial charge in [-0.1, -0.05) is 12.1 Å². The van der Waals surface area contributed by atoms with E-state index in [1.165, 1.54) is 25.6 Å². The molecule has 2 N–H and O–H groups in total. The predicted molar refractivity (Wildman–Crippen MR) is 122 cm³/mol. The van der Waals surface area contributed by atoms with Crippen LogP contribution >= 0.6 is 0 Å². The van der Waals surface area contributed by atoms with Crippen molar-refractivity contribution in [1.82, 2.24) is 15.0 Å². The number of aromatic nitrogens is 3. The van der Waals surface area contributed by atoms with Crippen LogP contribution < -0.4 is 14.8 Å². The average Bonchev–Trinajstić information content (AvgIpc) is 2.79. The van der Waals surface area contributed by atoms with Crippen molar-refractivity contribution in [1.29, 1.82) is 0 Å². The van der Waals surface area contributed by atoms with Crippen molar-refractivity contribution in [3.8, 4) is 17.0 Å². The van der Waals surface area contributed by atoms with Crippen molar-refractivity contribution in [2.24, 2.45) is 0 Å². The molecule has 0 amide bonds. The van der Waals surface area contributed by atoms with Gasteiger partial charge in [-0.2, -0.15) is 0 Å². The fraction of sp³-hybridized carbons (Fsp3) is 0.136. The van der Waals surface area contributed by atoms with E-state index in [4.69, 9.17) is 4.74 Å². The lowest BCUT2D eigenvalue weighted by molar-refractivity contribution is 0.400. The fourth-order valence-electron chi connectivity index (χ4n) is 3.12. The van der Waals surface area contributed by atoms with Gasteiger partial charge in [0.2, 0.25) is 15.9 Å². The maximum absolute atomic E-state index is 13.6. The number of fused-ring (bicyclic) bond motifs is 1. The summed E-state index contributed by atoms with van der Waals surface area (Å²) in [4.78, 5) is 12.8. The molecule has 0 saturated carbocycles. The molecule has 0 aliphatic carbocycles. The molecule has 10 heteroatoms. The van der Waals surface area contributed by atoms with Crippen molar-refractivity contribution in [3.05, 3.63) is 66.9 Å². The second kappa shape index (κ2) is 8.75. The SMILES string of the molecule is CCS(=O)(=O)Nc1cc(-c2ccc3ncnc(Nc4cccc(F)c4)c3c2)cnc1OC. The zero-order chi connectivity index (χ0) is 22.7. The molecule has 0 bridgehead atoms. The lowest BCUT2D eigenvalue weighted by atomic mass is 10.0. The standard InChI is InChI=1S/C22H20FN5O3S/c1-3-32(29,30)28-20-10-15(12-24-22(20)31-2)14-7-8-19-18(9-14)21(26-13-25-19)27-17-6-4-5-16(23)11-17/h4-13,28H,3H2,1-2H3,(H,25,26,27). The summed E-state index contributed by atoms with van der Waals surface area (Å²) in [5, 5.41) is 3.83. The Bertz CT molecular complexity index is 1400. The maximum Gasteiger partial charge on any atom is 0.238 e. The minimum Gasteiger partial charge on any atom is -0.480 e. The van der Waals surface area contributed by atoms with Crippen molar-refractivity contribution in [2.75, 3.05) is 22.9 Å². The van der Waals surface area contributed by atoms with Crippen LogP contribution in [0.5, 0.6) is 5.88 Å². The van der Waals surface area contributed by atoms with Crippen LogP contribution in [0.3, 0.4) is 0 Å². The number of halogens is 1. The normalized spacial score (nSPS) is 11.3. The number of nitrogens with zero attached hydrogens (tertiary/aromatic N) is 3. The molecule has 0 spiro atoms. The molecule has 32 heavy (non-hydrogen) atoms. The lowest BCUT2D eigenvalue weighted by Crippen LogP contribution is -2.15. The average molecular weight is 453 g/mol. The van der Waals surface area contributed by atoms with Gasteiger partial charge >= 0.3 is 0 Å². The molecule has 0 aliphatic rings. The van der Waals surface area contributed by atoms with E-state index in [1.807, 2.05) is 18.2 Å². The number of hydrogen-bond donors (Lipinski definition) is 2. The zero-order valence-electron chi connectivity index (χ0n) is 17.3. The Balaban J connectivity index is 1.77. The van der Waals surface area contributed by atoms with E-state index in [1.54, 1.807) is 31.3 Å². The summed E-state index contributed by atoms with van der Waals surface area (Å²) in [6.07, 6.45) is 3.02. The van der Waals surface area contributed by atoms with Crippen LogP contribution in [0, 0.1) is 5.82 Å². The first-order valence-corrected chi connectivity index (χ1v) is 11.4. The molecule has 4 aromatic rings. The Morgan fingerprint density at radius 2 is 1.88 bits per heavy atom. The monoisotopic (exact) mass is 453 g/mol. The Kier molecular flexibility index (Phi) is 5.87. The van der Waals surface area contributed by atoms with E-state index in [9.17, 15) is 12.8 Å². The number of benzene rings is 2. The van der Waals surface area contributed by atoms with E-state index >= 15 is 0 Å². The molecule has 0 radical (unpaired) electrons. The van der Waals surface area contributed by atoms with Crippen LogP contribution in [0.25, 0.3) is 22.0 Å². The van der Waals surface area contributed by atoms with E-state index in [-0.39, 0.29) is 23.1 Å². The maximum atomic E-state index is 13.6. The Morgan fingerprint density at radius 1 is 1.03 bits per heavy atom. The van der Waals surface area contributed by atoms with Gasteiger partial charge in [0.1, 0.15) is 23.6 Å². The highest BCUT2D eigenvalue weighted by Gasteiger charge is 2.15. The molecule has 164 valence electrons. The first kappa shape index (κ1) is 21.4. The molecule has 2 aromatic heterocycles. The van der Waals surface area contributed by atoms with Gasteiger partial charge in [0.15, 0.2) is 0 Å². The van der Waals surface area contributed by atoms with Crippen LogP contribution in [0.1, 0.15) is 6.92 Å². The fourth-order valence-corrected chi connectivity index (χ4v) is 3.75. The van der Waals surface area contributed by atoms with E-state index < -0.39 is 10.0 Å². The number of methoxy groups -OCH3 is 1. The van der Waals surface area contributed by atoms with Crippen molar-refractivity contribution in [3.63, 3.8) is 0 Å². The van der Waals surface area contributed by atoms with Crippen LogP contribution in [0.2, 0.25) is 0 Å². The van der Waals surface area contributed by atoms with Crippen LogP contribution in [0.4, 0.5) is 21.6 Å². The summed E-state index contributed by atoms with van der Waals surface area (Å²) in [5.74, 6) is 0.239. The molecule has 4 rings (SSSR count). The number of rotatable bonds is 7. The van der Waals surface area contributed by atoms with Crippen LogP contribution in [-0.2, 0) is 10.0 Å². The summed E-state index contributed by atoms with van der Waals surface area (Å²) >= 11 is 0. The van der Waals surface area contributed by atoms with E-state index in [2.05, 4.69) is 25.0 Å². The number of ether oxygens (including phenoxy) is 1. The molecule has 0 aliphatic heterocycles. The van der Waals surface area contributed by atoms with Gasteiger partial charge in [-0.25, -0.2) is 27.8 Å². The minimum absolute atomic E-state index is 0.0806. The second-order valence-corrected chi connectivity index (χ2v) is 8.89. The Morgan fingerprint density at radius 3 is 2.62 bits per heavy atom. The topological polar surface area (TPSA) is 106 Å². The molecule has 8 nitrogen and oxygen atoms in total. The van der Waals surface area contributed by atoms with Crippen molar-refractivity contribution >= 4 is 38.1 Å². The van der Waals surface area contributed by atoms with E-state index in [0.29, 0.717) is 28.0 Å². The largest absolute Gasteiger partial charge is 0.480 e. The summed E-state index contributed by atoms with van der Waals surface area (Å²) in [5.41, 5.74) is 2.92. The molecule has 0 saturated heterocycles. The highest BCUT2D eigenvalue weighted by atomic mass is 32.2. The molecule has 0 unspecified atom stereocenters. The lowest BCUT2D eigenvalue weighted by Gasteiger charge is -2.13. The summed E-state index contributed by atoms with van der Waals surface area (Å²) in [7, 11) is -2.09. The number of anilines is 3. The van der Waals surface area contributed by atoms with Gasteiger partial charge in [0, 0.05) is 22.8 Å². The highest BCUT2D eigenvalue weighted by molar-refractivity contribution is 7.92. The third kappa shape index (κ3) is 4.59. The molecular weight excluding hydrogens is 433 g/mol. The van der Waals surface area contributed by atoms with Gasteiger partial charge < -0.3 is 10.1 Å². The van der Waals surface area contributed by atoms with Gasteiger partial charge in [0.05, 0.1) is 18.4 Å². The first-order chi connectivity index (χ1) is 15.4. The third-order valence-electron chi connectivity index (χ3n) is 4.75. The number of nitrogens with one attached hydrogen (secondary N) is 2. The molecule has 0 fully saturated rings. The summed E-state index contributed by atoms with van der Waals surface area (Å²) in [6.45, 7) is 1.54. The molecule has 2 aromatic carbocycles. The Hall–Kier alpha value is -3.79. The second-order valence-electron chi connectivity index (χ2n) is 6.88. The molecule has 0 atom stereocenters. The molecule has 2 heterocycles. The van der Waals surface area contributed by atoms with Gasteiger partial charge in [-0.3, -0.25) is 4.72 Å². The van der Waals surface area contributed by atoms with Gasteiger partial charge in [-0.15, -0.1) is 0 Å². The Labute approximate surface area is 184 Å². The third-order valence-corrected chi connectivity index (χ3v) is 6.04. The zero-order valence-corrected chi connectivity index (χ0v) is 18.1. The van der Waals surface area contributed by atoms with E-state index in [0.717, 1.165) is 5.56 Å². The quantitative estimate of drug-likeness (QED) is 0.429. The van der Waals surface area contributed by atoms with Gasteiger partial charge in [-0.05, 0) is 48.9 Å². The van der Waals surface area contributed by atoms with Crippen LogP contribution in [-0.4, -0.2) is 36.2 Å². The first-order valence-electron chi connectivity index (χ1n) is 9.71. The van der Waals surface area contributed by atoms with Crippen molar-refractivity contribution < 1.29 is 17.5 Å². The number of pyridine rings is 1.